The van der Waals surface area contributed by atoms with Crippen LogP contribution in [-0.4, -0.2) is 17.5 Å². The first-order valence-corrected chi connectivity index (χ1v) is 4.31. The van der Waals surface area contributed by atoms with Gasteiger partial charge in [-0.1, -0.05) is 0 Å². The Labute approximate surface area is 66.3 Å². The third-order valence-electron chi connectivity index (χ3n) is 3.03. The van der Waals surface area contributed by atoms with Crippen LogP contribution >= 0.6 is 0 Å². The number of nitrogens with two attached hydrogens (primary N) is 1. The van der Waals surface area contributed by atoms with E-state index in [9.17, 15) is 4.79 Å². The number of rotatable bonds is 1. The first kappa shape index (κ1) is 7.10. The Morgan fingerprint density at radius 3 is 2.91 bits per heavy atom. The van der Waals surface area contributed by atoms with Crippen molar-refractivity contribution in [2.45, 2.75) is 43.7 Å². The number of hydrogen-bond acceptors (Lipinski definition) is 2. The van der Waals surface area contributed by atoms with E-state index in [4.69, 9.17) is 5.73 Å². The molecule has 1 amide bonds. The second-order valence-corrected chi connectivity index (χ2v) is 3.72. The van der Waals surface area contributed by atoms with Gasteiger partial charge in [-0.05, 0) is 32.1 Å². The van der Waals surface area contributed by atoms with Crippen LogP contribution in [0.2, 0.25) is 0 Å². The van der Waals surface area contributed by atoms with Crippen molar-refractivity contribution in [2.24, 2.45) is 5.73 Å². The lowest BCUT2D eigenvalue weighted by atomic mass is 9.90. The maximum absolute atomic E-state index is 11.1. The molecule has 2 bridgehead atoms. The van der Waals surface area contributed by atoms with Gasteiger partial charge in [-0.2, -0.15) is 0 Å². The number of carbonyl (C=O) groups is 1. The fourth-order valence-electron chi connectivity index (χ4n) is 2.34. The zero-order valence-corrected chi connectivity index (χ0v) is 6.60. The molecule has 11 heavy (non-hydrogen) atoms. The highest BCUT2D eigenvalue weighted by atomic mass is 16.1. The molecule has 0 unspecified atom stereocenters. The van der Waals surface area contributed by atoms with Gasteiger partial charge in [0, 0.05) is 6.04 Å². The van der Waals surface area contributed by atoms with E-state index in [-0.39, 0.29) is 11.4 Å². The van der Waals surface area contributed by atoms with Crippen molar-refractivity contribution in [1.29, 1.82) is 0 Å². The Morgan fingerprint density at radius 1 is 1.45 bits per heavy atom. The first-order valence-electron chi connectivity index (χ1n) is 4.31. The number of carbonyl (C=O) groups excluding carboxylic acids is 1. The second-order valence-electron chi connectivity index (χ2n) is 3.72. The van der Waals surface area contributed by atoms with Gasteiger partial charge in [-0.25, -0.2) is 0 Å². The van der Waals surface area contributed by atoms with E-state index in [1.165, 1.54) is 6.42 Å². The molecule has 2 heterocycles. The van der Waals surface area contributed by atoms with Crippen molar-refractivity contribution < 1.29 is 4.79 Å². The predicted molar refractivity (Wildman–Crippen MR) is 41.9 cm³/mol. The number of nitrogens with one attached hydrogen (secondary N) is 1. The lowest BCUT2D eigenvalue weighted by Crippen LogP contribution is -2.55. The summed E-state index contributed by atoms with van der Waals surface area (Å²) in [6, 6.07) is 0.566. The van der Waals surface area contributed by atoms with Gasteiger partial charge in [-0.15, -0.1) is 0 Å². The molecule has 2 fully saturated rings. The highest BCUT2D eigenvalue weighted by molar-refractivity contribution is 5.85. The molecule has 2 rings (SSSR count). The molecule has 0 saturated carbocycles. The van der Waals surface area contributed by atoms with Gasteiger partial charge >= 0.3 is 0 Å². The Balaban J connectivity index is 2.19. The predicted octanol–water partition coefficient (Wildman–Crippen LogP) is 0.146. The van der Waals surface area contributed by atoms with Gasteiger partial charge in [0.1, 0.15) is 0 Å². The molecule has 3 N–H and O–H groups in total. The molecule has 2 saturated heterocycles. The molecule has 3 heteroatoms. The summed E-state index contributed by atoms with van der Waals surface area (Å²) in [6.45, 7) is 0. The summed E-state index contributed by atoms with van der Waals surface area (Å²) in [4.78, 5) is 11.1. The largest absolute Gasteiger partial charge is 0.368 e. The van der Waals surface area contributed by atoms with E-state index in [1.54, 1.807) is 0 Å². The van der Waals surface area contributed by atoms with Gasteiger partial charge in [0.05, 0.1) is 5.54 Å². The minimum Gasteiger partial charge on any atom is -0.368 e. The number of primary amides is 1. The zero-order valence-electron chi connectivity index (χ0n) is 6.60. The molecule has 2 aliphatic rings. The highest BCUT2D eigenvalue weighted by Gasteiger charge is 2.45. The molecular weight excluding hydrogens is 140 g/mol. The smallest absolute Gasteiger partial charge is 0.237 e. The summed E-state index contributed by atoms with van der Waals surface area (Å²) >= 11 is 0. The fourth-order valence-corrected chi connectivity index (χ4v) is 2.34. The van der Waals surface area contributed by atoms with E-state index in [0.29, 0.717) is 6.04 Å². The maximum Gasteiger partial charge on any atom is 0.237 e. The molecule has 62 valence electrons. The van der Waals surface area contributed by atoms with Crippen molar-refractivity contribution in [3.05, 3.63) is 0 Å². The zero-order chi connectivity index (χ0) is 7.90. The van der Waals surface area contributed by atoms with E-state index >= 15 is 0 Å². The van der Waals surface area contributed by atoms with E-state index in [0.717, 1.165) is 25.7 Å². The summed E-state index contributed by atoms with van der Waals surface area (Å²) in [6.07, 6.45) is 5.39. The average molecular weight is 154 g/mol. The number of hydrogen-bond donors (Lipinski definition) is 2. The first-order chi connectivity index (χ1) is 5.23. The monoisotopic (exact) mass is 154 g/mol. The minimum absolute atomic E-state index is 0.153. The van der Waals surface area contributed by atoms with Gasteiger partial charge < -0.3 is 11.1 Å². The van der Waals surface area contributed by atoms with Crippen LogP contribution in [0, 0.1) is 0 Å². The molecule has 0 aromatic rings. The summed E-state index contributed by atoms with van der Waals surface area (Å²) in [5.74, 6) is -0.153. The van der Waals surface area contributed by atoms with E-state index < -0.39 is 0 Å². The number of piperidine rings is 1. The molecular formula is C8H14N2O. The van der Waals surface area contributed by atoms with Gasteiger partial charge in [0.15, 0.2) is 0 Å². The Morgan fingerprint density at radius 2 is 2.27 bits per heavy atom. The maximum atomic E-state index is 11.1. The van der Waals surface area contributed by atoms with Crippen LogP contribution in [0.1, 0.15) is 32.1 Å². The molecule has 2 atom stereocenters. The van der Waals surface area contributed by atoms with E-state index in [1.807, 2.05) is 0 Å². The summed E-state index contributed by atoms with van der Waals surface area (Å²) in [7, 11) is 0. The van der Waals surface area contributed by atoms with Crippen LogP contribution in [0.15, 0.2) is 0 Å². The van der Waals surface area contributed by atoms with Crippen LogP contribution in [-0.2, 0) is 4.79 Å². The Kier molecular flexibility index (Phi) is 1.42. The molecule has 0 radical (unpaired) electrons. The molecule has 0 aromatic carbocycles. The summed E-state index contributed by atoms with van der Waals surface area (Å²) in [5, 5.41) is 3.33. The number of fused-ring (bicyclic) bond motifs is 2. The fraction of sp³-hybridized carbons (Fsp3) is 0.875. The second kappa shape index (κ2) is 2.21. The molecule has 0 aromatic heterocycles. The van der Waals surface area contributed by atoms with Crippen LogP contribution in [0.4, 0.5) is 0 Å². The molecule has 2 aliphatic heterocycles. The van der Waals surface area contributed by atoms with Crippen molar-refractivity contribution >= 4 is 5.91 Å². The quantitative estimate of drug-likeness (QED) is 0.564. The highest BCUT2D eigenvalue weighted by Crippen LogP contribution is 2.34. The lowest BCUT2D eigenvalue weighted by molar-refractivity contribution is -0.124. The molecule has 0 spiro atoms. The minimum atomic E-state index is -0.317. The third-order valence-corrected chi connectivity index (χ3v) is 3.03. The molecule has 3 nitrogen and oxygen atoms in total. The Bertz CT molecular complexity index is 189. The van der Waals surface area contributed by atoms with E-state index in [2.05, 4.69) is 5.32 Å². The topological polar surface area (TPSA) is 55.1 Å². The van der Waals surface area contributed by atoms with Crippen LogP contribution < -0.4 is 11.1 Å². The summed E-state index contributed by atoms with van der Waals surface area (Å²) in [5.41, 5.74) is 5.02. The summed E-state index contributed by atoms with van der Waals surface area (Å²) < 4.78 is 0. The van der Waals surface area contributed by atoms with Crippen molar-refractivity contribution in [3.8, 4) is 0 Å². The Hall–Kier alpha value is -0.570. The average Bonchev–Trinajstić information content (AvgIpc) is 2.29. The SMILES string of the molecule is NC(=O)[C@]12CCC[C@H](CC1)N2. The van der Waals surface area contributed by atoms with Crippen LogP contribution in [0.25, 0.3) is 0 Å². The van der Waals surface area contributed by atoms with Gasteiger partial charge in [-0.3, -0.25) is 4.79 Å². The molecule has 0 aliphatic carbocycles. The van der Waals surface area contributed by atoms with Crippen molar-refractivity contribution in [1.82, 2.24) is 5.32 Å². The number of amides is 1. The van der Waals surface area contributed by atoms with Crippen molar-refractivity contribution in [2.75, 3.05) is 0 Å². The lowest BCUT2D eigenvalue weighted by Gasteiger charge is -2.31. The third kappa shape index (κ3) is 0.948. The van der Waals surface area contributed by atoms with Crippen LogP contribution in [0.5, 0.6) is 0 Å². The van der Waals surface area contributed by atoms with Crippen LogP contribution in [0.3, 0.4) is 0 Å². The van der Waals surface area contributed by atoms with Gasteiger partial charge in [0.2, 0.25) is 5.91 Å². The normalized spacial score (nSPS) is 42.4. The standard InChI is InChI=1S/C8H14N2O/c9-7(11)8-4-1-2-6(10-8)3-5-8/h6,10H,1-5H2,(H2,9,11)/t6-,8+/m1/s1. The van der Waals surface area contributed by atoms with Gasteiger partial charge in [0.25, 0.3) is 0 Å². The van der Waals surface area contributed by atoms with Crippen molar-refractivity contribution in [3.63, 3.8) is 0 Å².